The van der Waals surface area contributed by atoms with Crippen LogP contribution in [-0.4, -0.2) is 37.2 Å². The number of esters is 3. The average Bonchev–Trinajstić information content (AvgIpc) is 3.14. The van der Waals surface area contributed by atoms with Gasteiger partial charge in [-0.3, -0.25) is 14.4 Å². The summed E-state index contributed by atoms with van der Waals surface area (Å²) in [4.78, 5) is 37.6. The van der Waals surface area contributed by atoms with Crippen LogP contribution >= 0.6 is 0 Å². The fraction of sp³-hybridized carbons (Fsp3) is 0.848. The van der Waals surface area contributed by atoms with Gasteiger partial charge in [0.15, 0.2) is 6.10 Å². The minimum absolute atomic E-state index is 0.0746. The molecule has 0 heterocycles. The van der Waals surface area contributed by atoms with Gasteiger partial charge < -0.3 is 14.2 Å². The Labute approximate surface area is 322 Å². The molecule has 52 heavy (non-hydrogen) atoms. The molecule has 0 amide bonds. The molecule has 0 fully saturated rings. The predicted molar refractivity (Wildman–Crippen MR) is 219 cm³/mol. The molecule has 0 bridgehead atoms. The number of hydrogen-bond acceptors (Lipinski definition) is 6. The Kier molecular flexibility index (Phi) is 40.0. The molecule has 0 aromatic heterocycles. The molecule has 1 atom stereocenters. The number of carbonyl (C=O) groups is 3. The lowest BCUT2D eigenvalue weighted by molar-refractivity contribution is -0.167. The first kappa shape index (κ1) is 49.9. The first-order chi connectivity index (χ1) is 25.5. The van der Waals surface area contributed by atoms with Crippen molar-refractivity contribution in [1.82, 2.24) is 0 Å². The highest BCUT2D eigenvalue weighted by atomic mass is 16.6. The number of allylic oxidation sites excluding steroid dienone is 4. The van der Waals surface area contributed by atoms with Crippen molar-refractivity contribution < 1.29 is 28.6 Å². The third-order valence-corrected chi connectivity index (χ3v) is 9.68. The van der Waals surface area contributed by atoms with Crippen LogP contribution in [0.1, 0.15) is 233 Å². The standard InChI is InChI=1S/C46H84O6/c1-4-7-10-13-16-19-22-25-27-30-33-36-39-45(48)51-42-43(52-46(49)40-37-34-31-28-24-21-18-15-12-9-6-3)41-50-44(47)38-35-32-29-26-23-20-17-14-11-8-5-2/h14-15,17-18,43H,4-13,16,19-42H2,1-3H3/b17-14-,18-15-/t43-/m1/s1. The third-order valence-electron chi connectivity index (χ3n) is 9.68. The molecule has 0 aromatic rings. The highest BCUT2D eigenvalue weighted by molar-refractivity contribution is 5.71. The van der Waals surface area contributed by atoms with Gasteiger partial charge in [-0.25, -0.2) is 0 Å². The van der Waals surface area contributed by atoms with Gasteiger partial charge in [0, 0.05) is 19.3 Å². The van der Waals surface area contributed by atoms with Crippen molar-refractivity contribution in [3.05, 3.63) is 24.3 Å². The van der Waals surface area contributed by atoms with Crippen LogP contribution in [0.2, 0.25) is 0 Å². The molecule has 0 aliphatic carbocycles. The van der Waals surface area contributed by atoms with E-state index in [1.54, 1.807) is 0 Å². The van der Waals surface area contributed by atoms with Crippen LogP contribution < -0.4 is 0 Å². The summed E-state index contributed by atoms with van der Waals surface area (Å²) < 4.78 is 16.7. The van der Waals surface area contributed by atoms with Gasteiger partial charge in [-0.2, -0.15) is 0 Å². The lowest BCUT2D eigenvalue weighted by atomic mass is 10.0. The van der Waals surface area contributed by atoms with Crippen LogP contribution in [0, 0.1) is 0 Å². The highest BCUT2D eigenvalue weighted by Gasteiger charge is 2.19. The van der Waals surface area contributed by atoms with Gasteiger partial charge in [-0.1, -0.05) is 180 Å². The molecule has 0 N–H and O–H groups in total. The molecular weight excluding hydrogens is 648 g/mol. The molecule has 6 nitrogen and oxygen atoms in total. The number of hydrogen-bond donors (Lipinski definition) is 0. The molecular formula is C46H84O6. The van der Waals surface area contributed by atoms with Gasteiger partial charge in [-0.15, -0.1) is 0 Å². The molecule has 0 aliphatic rings. The summed E-state index contributed by atoms with van der Waals surface area (Å²) in [7, 11) is 0. The summed E-state index contributed by atoms with van der Waals surface area (Å²) in [5, 5.41) is 0. The Hall–Kier alpha value is -2.11. The lowest BCUT2D eigenvalue weighted by Crippen LogP contribution is -2.30. The summed E-state index contributed by atoms with van der Waals surface area (Å²) in [6.45, 7) is 6.54. The van der Waals surface area contributed by atoms with Gasteiger partial charge in [0.25, 0.3) is 0 Å². The second-order valence-electron chi connectivity index (χ2n) is 15.0. The third kappa shape index (κ3) is 39.1. The van der Waals surface area contributed by atoms with Crippen LogP contribution in [-0.2, 0) is 28.6 Å². The Morgan fingerprint density at radius 2 is 0.654 bits per heavy atom. The Morgan fingerprint density at radius 1 is 0.365 bits per heavy atom. The van der Waals surface area contributed by atoms with Gasteiger partial charge in [0.1, 0.15) is 13.2 Å². The normalized spacial score (nSPS) is 12.1. The van der Waals surface area contributed by atoms with Crippen molar-refractivity contribution in [2.75, 3.05) is 13.2 Å². The molecule has 0 unspecified atom stereocenters. The summed E-state index contributed by atoms with van der Waals surface area (Å²) >= 11 is 0. The van der Waals surface area contributed by atoms with Crippen molar-refractivity contribution in [1.29, 1.82) is 0 Å². The van der Waals surface area contributed by atoms with Crippen molar-refractivity contribution in [2.24, 2.45) is 0 Å². The second kappa shape index (κ2) is 41.6. The van der Waals surface area contributed by atoms with Crippen molar-refractivity contribution in [3.8, 4) is 0 Å². The number of unbranched alkanes of at least 4 members (excludes halogenated alkanes) is 25. The van der Waals surface area contributed by atoms with Gasteiger partial charge in [0.2, 0.25) is 0 Å². The first-order valence-corrected chi connectivity index (χ1v) is 22.3. The molecule has 0 radical (unpaired) electrons. The van der Waals surface area contributed by atoms with Crippen LogP contribution in [0.5, 0.6) is 0 Å². The molecule has 0 saturated carbocycles. The van der Waals surface area contributed by atoms with E-state index in [-0.39, 0.29) is 31.1 Å². The van der Waals surface area contributed by atoms with Gasteiger partial charge in [0.05, 0.1) is 0 Å². The minimum Gasteiger partial charge on any atom is -0.462 e. The molecule has 0 spiro atoms. The monoisotopic (exact) mass is 733 g/mol. The zero-order valence-corrected chi connectivity index (χ0v) is 34.6. The predicted octanol–water partition coefficient (Wildman–Crippen LogP) is 14.0. The molecule has 0 rings (SSSR count). The van der Waals surface area contributed by atoms with E-state index in [1.807, 2.05) is 0 Å². The van der Waals surface area contributed by atoms with Crippen LogP contribution in [0.4, 0.5) is 0 Å². The highest BCUT2D eigenvalue weighted by Crippen LogP contribution is 2.14. The van der Waals surface area contributed by atoms with Crippen LogP contribution in [0.15, 0.2) is 24.3 Å². The fourth-order valence-electron chi connectivity index (χ4n) is 6.23. The van der Waals surface area contributed by atoms with E-state index < -0.39 is 6.10 Å². The second-order valence-corrected chi connectivity index (χ2v) is 15.0. The lowest BCUT2D eigenvalue weighted by Gasteiger charge is -2.18. The fourth-order valence-corrected chi connectivity index (χ4v) is 6.23. The van der Waals surface area contributed by atoms with E-state index in [0.717, 1.165) is 77.0 Å². The summed E-state index contributed by atoms with van der Waals surface area (Å²) in [6.07, 6.45) is 44.4. The topological polar surface area (TPSA) is 78.9 Å². The molecule has 0 saturated heterocycles. The van der Waals surface area contributed by atoms with Crippen molar-refractivity contribution in [2.45, 2.75) is 239 Å². The van der Waals surface area contributed by atoms with E-state index in [2.05, 4.69) is 45.1 Å². The summed E-state index contributed by atoms with van der Waals surface area (Å²) in [5.41, 5.74) is 0. The van der Waals surface area contributed by atoms with E-state index in [0.29, 0.717) is 19.3 Å². The first-order valence-electron chi connectivity index (χ1n) is 22.3. The van der Waals surface area contributed by atoms with E-state index in [1.165, 1.54) is 116 Å². The summed E-state index contributed by atoms with van der Waals surface area (Å²) in [5.74, 6) is -0.892. The quantitative estimate of drug-likeness (QED) is 0.0270. The zero-order valence-electron chi connectivity index (χ0n) is 34.6. The number of ether oxygens (including phenoxy) is 3. The Balaban J connectivity index is 4.37. The molecule has 6 heteroatoms. The Morgan fingerprint density at radius 3 is 1.02 bits per heavy atom. The van der Waals surface area contributed by atoms with E-state index in [9.17, 15) is 14.4 Å². The smallest absolute Gasteiger partial charge is 0.306 e. The molecule has 0 aliphatic heterocycles. The van der Waals surface area contributed by atoms with Crippen molar-refractivity contribution >= 4 is 17.9 Å². The maximum Gasteiger partial charge on any atom is 0.306 e. The van der Waals surface area contributed by atoms with E-state index in [4.69, 9.17) is 14.2 Å². The van der Waals surface area contributed by atoms with Crippen LogP contribution in [0.3, 0.4) is 0 Å². The minimum atomic E-state index is -0.771. The zero-order chi connectivity index (χ0) is 38.0. The van der Waals surface area contributed by atoms with Gasteiger partial charge in [-0.05, 0) is 57.8 Å². The van der Waals surface area contributed by atoms with E-state index >= 15 is 0 Å². The molecule has 304 valence electrons. The van der Waals surface area contributed by atoms with Crippen molar-refractivity contribution in [3.63, 3.8) is 0 Å². The average molecular weight is 733 g/mol. The maximum absolute atomic E-state index is 12.7. The maximum atomic E-state index is 12.7. The largest absolute Gasteiger partial charge is 0.462 e. The Bertz CT molecular complexity index is 850. The molecule has 0 aromatic carbocycles. The van der Waals surface area contributed by atoms with Crippen LogP contribution in [0.25, 0.3) is 0 Å². The number of carbonyl (C=O) groups excluding carboxylic acids is 3. The van der Waals surface area contributed by atoms with Gasteiger partial charge >= 0.3 is 17.9 Å². The summed E-state index contributed by atoms with van der Waals surface area (Å²) in [6, 6.07) is 0. The SMILES string of the molecule is CCCC/C=C\CCCCCCCC(=O)OC[C@H](COC(=O)CCCCCCCCCCCCCC)OC(=O)CCCCCCC/C=C\CCCC. The number of rotatable bonds is 40.